The van der Waals surface area contributed by atoms with Crippen molar-refractivity contribution in [3.63, 3.8) is 0 Å². The normalized spacial score (nSPS) is 17.8. The van der Waals surface area contributed by atoms with E-state index in [0.29, 0.717) is 45.9 Å². The number of phenolic OH excluding ortho intramolecular Hbond substituents is 1. The first-order valence-electron chi connectivity index (χ1n) is 12.1. The maximum Gasteiger partial charge on any atom is 0.301 e. The first-order chi connectivity index (χ1) is 19.4. The van der Waals surface area contributed by atoms with Crippen molar-refractivity contribution in [2.75, 3.05) is 18.1 Å². The molecule has 0 aliphatic carbocycles. The Hall–Kier alpha value is -4.42. The van der Waals surface area contributed by atoms with Gasteiger partial charge in [0.25, 0.3) is 5.78 Å². The molecule has 9 nitrogen and oxygen atoms in total. The molecule has 0 saturated carbocycles. The maximum absolute atomic E-state index is 14.1. The average Bonchev–Trinajstić information content (AvgIpc) is 3.54. The Bertz CT molecular complexity index is 1670. The van der Waals surface area contributed by atoms with E-state index in [1.165, 1.54) is 30.0 Å². The number of thioether (sulfide) groups is 1. The third-order valence-corrected chi connectivity index (χ3v) is 8.46. The number of nitrogens with zero attached hydrogens (tertiary/aromatic N) is 3. The Labute approximate surface area is 235 Å². The highest BCUT2D eigenvalue weighted by Gasteiger charge is 2.48. The minimum Gasteiger partial charge on any atom is -0.508 e. The van der Waals surface area contributed by atoms with Crippen LogP contribution in [0, 0.1) is 5.82 Å². The van der Waals surface area contributed by atoms with Crippen molar-refractivity contribution in [3.05, 3.63) is 94.8 Å². The fourth-order valence-electron chi connectivity index (χ4n) is 4.50. The number of aromatic hydroxyl groups is 1. The van der Waals surface area contributed by atoms with E-state index in [-0.39, 0.29) is 27.8 Å². The molecule has 12 heteroatoms. The SMILES string of the molecule is O=C1C(=O)N(c2nnc(SCc3ccccc3F)s2)[C@H](c2cccc(O)c2)/C1=C(\O)c1ccc2c(c1)OCCO2. The Morgan fingerprint density at radius 2 is 1.82 bits per heavy atom. The van der Waals surface area contributed by atoms with Crippen LogP contribution in [0.5, 0.6) is 17.2 Å². The van der Waals surface area contributed by atoms with Crippen molar-refractivity contribution in [3.8, 4) is 17.2 Å². The van der Waals surface area contributed by atoms with Crippen LogP contribution in [0.3, 0.4) is 0 Å². The van der Waals surface area contributed by atoms with Crippen LogP contribution < -0.4 is 14.4 Å². The van der Waals surface area contributed by atoms with Crippen LogP contribution in [0.1, 0.15) is 22.7 Å². The van der Waals surface area contributed by atoms with Crippen molar-refractivity contribution in [2.24, 2.45) is 0 Å². The van der Waals surface area contributed by atoms with Crippen LogP contribution in [0.25, 0.3) is 5.76 Å². The molecule has 202 valence electrons. The van der Waals surface area contributed by atoms with E-state index < -0.39 is 23.5 Å². The largest absolute Gasteiger partial charge is 0.508 e. The highest BCUT2D eigenvalue weighted by atomic mass is 32.2. The summed E-state index contributed by atoms with van der Waals surface area (Å²) in [6.45, 7) is 0.725. The lowest BCUT2D eigenvalue weighted by Crippen LogP contribution is -2.29. The summed E-state index contributed by atoms with van der Waals surface area (Å²) in [5.74, 6) is -1.47. The number of hydrogen-bond donors (Lipinski definition) is 2. The fourth-order valence-corrected chi connectivity index (χ4v) is 6.35. The van der Waals surface area contributed by atoms with Gasteiger partial charge >= 0.3 is 5.91 Å². The number of hydrogen-bond acceptors (Lipinski definition) is 10. The first-order valence-corrected chi connectivity index (χ1v) is 13.9. The number of carbonyl (C=O) groups excluding carboxylic acids is 2. The highest BCUT2D eigenvalue weighted by Crippen LogP contribution is 2.45. The number of aliphatic hydroxyl groups is 1. The van der Waals surface area contributed by atoms with Crippen LogP contribution in [0.4, 0.5) is 9.52 Å². The second kappa shape index (κ2) is 10.6. The monoisotopic (exact) mass is 577 g/mol. The molecule has 1 saturated heterocycles. The summed E-state index contributed by atoms with van der Waals surface area (Å²) in [5, 5.41) is 29.9. The highest BCUT2D eigenvalue weighted by molar-refractivity contribution is 8.00. The van der Waals surface area contributed by atoms with E-state index in [2.05, 4.69) is 10.2 Å². The number of phenols is 1. The van der Waals surface area contributed by atoms with E-state index in [1.54, 1.807) is 48.5 Å². The summed E-state index contributed by atoms with van der Waals surface area (Å²) in [6, 6.07) is 16.1. The predicted octanol–water partition coefficient (Wildman–Crippen LogP) is 5.07. The number of ether oxygens (including phenoxy) is 2. The summed E-state index contributed by atoms with van der Waals surface area (Å²) in [6.07, 6.45) is 0. The molecule has 1 fully saturated rings. The molecule has 0 bridgehead atoms. The van der Waals surface area contributed by atoms with Gasteiger partial charge in [0.15, 0.2) is 15.8 Å². The van der Waals surface area contributed by atoms with Gasteiger partial charge in [-0.2, -0.15) is 0 Å². The molecular weight excluding hydrogens is 557 g/mol. The molecule has 0 unspecified atom stereocenters. The van der Waals surface area contributed by atoms with Crippen LogP contribution in [-0.2, 0) is 15.3 Å². The molecule has 3 aromatic carbocycles. The second-order valence-corrected chi connectivity index (χ2v) is 11.0. The summed E-state index contributed by atoms with van der Waals surface area (Å²) in [5.41, 5.74) is 0.951. The lowest BCUT2D eigenvalue weighted by Gasteiger charge is -2.23. The van der Waals surface area contributed by atoms with E-state index in [0.717, 1.165) is 16.2 Å². The van der Waals surface area contributed by atoms with Gasteiger partial charge in [-0.25, -0.2) is 4.39 Å². The standard InChI is InChI=1S/C28H20FN3O6S2/c29-19-7-2-1-4-17(19)14-39-28-31-30-27(40-28)32-23(15-5-3-6-18(33)12-15)22(25(35)26(32)36)24(34)16-8-9-20-21(13-16)38-11-10-37-20/h1-9,12-13,23,33-34H,10-11,14H2/b24-22+/t23-/m1/s1. The van der Waals surface area contributed by atoms with E-state index >= 15 is 0 Å². The molecule has 2 N–H and O–H groups in total. The molecule has 4 aromatic rings. The van der Waals surface area contributed by atoms with Gasteiger partial charge in [0.1, 0.15) is 30.5 Å². The number of Topliss-reactive ketones (excluding diaryl/α,β-unsaturated/α-hetero) is 1. The van der Waals surface area contributed by atoms with Gasteiger partial charge in [-0.3, -0.25) is 14.5 Å². The Morgan fingerprint density at radius 1 is 1.02 bits per heavy atom. The molecule has 0 spiro atoms. The van der Waals surface area contributed by atoms with Crippen LogP contribution >= 0.6 is 23.1 Å². The number of aromatic nitrogens is 2. The second-order valence-electron chi connectivity index (χ2n) is 8.85. The molecule has 1 amide bonds. The van der Waals surface area contributed by atoms with E-state index in [9.17, 15) is 24.2 Å². The van der Waals surface area contributed by atoms with Gasteiger partial charge in [0.2, 0.25) is 5.13 Å². The summed E-state index contributed by atoms with van der Waals surface area (Å²) in [4.78, 5) is 27.9. The zero-order valence-corrected chi connectivity index (χ0v) is 22.2. The van der Waals surface area contributed by atoms with Crippen LogP contribution in [0.2, 0.25) is 0 Å². The molecule has 40 heavy (non-hydrogen) atoms. The zero-order valence-electron chi connectivity index (χ0n) is 20.6. The van der Waals surface area contributed by atoms with Crippen molar-refractivity contribution in [1.29, 1.82) is 0 Å². The summed E-state index contributed by atoms with van der Waals surface area (Å²) in [7, 11) is 0. The fraction of sp³-hybridized carbons (Fsp3) is 0.143. The number of aliphatic hydroxyl groups excluding tert-OH is 1. The lowest BCUT2D eigenvalue weighted by molar-refractivity contribution is -0.132. The lowest BCUT2D eigenvalue weighted by atomic mass is 9.95. The summed E-state index contributed by atoms with van der Waals surface area (Å²) >= 11 is 2.30. The van der Waals surface area contributed by atoms with Crippen molar-refractivity contribution in [2.45, 2.75) is 16.1 Å². The third kappa shape index (κ3) is 4.75. The topological polar surface area (TPSA) is 122 Å². The minimum atomic E-state index is -1.10. The van der Waals surface area contributed by atoms with Crippen molar-refractivity contribution >= 4 is 45.7 Å². The van der Waals surface area contributed by atoms with Gasteiger partial charge in [-0.15, -0.1) is 10.2 Å². The predicted molar refractivity (Wildman–Crippen MR) is 146 cm³/mol. The number of halogens is 1. The van der Waals surface area contributed by atoms with Crippen molar-refractivity contribution in [1.82, 2.24) is 10.2 Å². The number of amides is 1. The quantitative estimate of drug-likeness (QED) is 0.106. The van der Waals surface area contributed by atoms with Gasteiger partial charge in [-0.1, -0.05) is 53.4 Å². The average molecular weight is 578 g/mol. The van der Waals surface area contributed by atoms with Gasteiger partial charge in [0.05, 0.1) is 11.6 Å². The number of anilines is 1. The summed E-state index contributed by atoms with van der Waals surface area (Å²) < 4.78 is 25.7. The number of carbonyl (C=O) groups is 2. The third-order valence-electron chi connectivity index (χ3n) is 6.36. The molecular formula is C28H20FN3O6S2. The molecule has 2 aliphatic heterocycles. The van der Waals surface area contributed by atoms with E-state index in [1.807, 2.05) is 0 Å². The smallest absolute Gasteiger partial charge is 0.301 e. The molecule has 2 aliphatic rings. The number of ketones is 1. The molecule has 0 radical (unpaired) electrons. The van der Waals surface area contributed by atoms with Crippen LogP contribution in [-0.4, -0.2) is 45.3 Å². The Balaban J connectivity index is 1.39. The maximum atomic E-state index is 14.1. The minimum absolute atomic E-state index is 0.0826. The number of benzene rings is 3. The molecule has 6 rings (SSSR count). The van der Waals surface area contributed by atoms with Crippen molar-refractivity contribution < 1.29 is 33.7 Å². The Morgan fingerprint density at radius 3 is 2.62 bits per heavy atom. The first kappa shape index (κ1) is 25.8. The zero-order chi connectivity index (χ0) is 27.8. The van der Waals surface area contributed by atoms with E-state index in [4.69, 9.17) is 9.47 Å². The molecule has 3 heterocycles. The molecule has 1 atom stereocenters. The molecule has 1 aromatic heterocycles. The van der Waals surface area contributed by atoms with Crippen LogP contribution in [0.15, 0.2) is 76.6 Å². The number of fused-ring (bicyclic) bond motifs is 1. The number of rotatable bonds is 6. The Kier molecular flexibility index (Phi) is 6.86. The van der Waals surface area contributed by atoms with Gasteiger partial charge in [0, 0.05) is 11.3 Å². The van der Waals surface area contributed by atoms with Gasteiger partial charge in [-0.05, 0) is 47.5 Å². The van der Waals surface area contributed by atoms with Gasteiger partial charge < -0.3 is 19.7 Å².